The molecule has 0 radical (unpaired) electrons. The van der Waals surface area contributed by atoms with Crippen molar-refractivity contribution in [1.29, 1.82) is 0 Å². The van der Waals surface area contributed by atoms with Crippen LogP contribution in [0.4, 0.5) is 0 Å². The molecule has 0 saturated heterocycles. The van der Waals surface area contributed by atoms with Gasteiger partial charge in [0.15, 0.2) is 0 Å². The van der Waals surface area contributed by atoms with Gasteiger partial charge in [-0.15, -0.1) is 0 Å². The molecule has 0 atom stereocenters. The molecule has 0 unspecified atom stereocenters. The second kappa shape index (κ2) is 4.29. The van der Waals surface area contributed by atoms with Gasteiger partial charge >= 0.3 is 0 Å². The first-order chi connectivity index (χ1) is 4.20. The number of aryl methyl sites for hydroxylation is 2. The molecule has 0 heterocycles. The Morgan fingerprint density at radius 1 is 1.20 bits per heavy atom. The maximum absolute atomic E-state index is 9.04. The summed E-state index contributed by atoms with van der Waals surface area (Å²) in [6, 6.07) is 5.56. The smallest absolute Gasteiger partial charge is 0.118 e. The van der Waals surface area contributed by atoms with Crippen molar-refractivity contribution in [3.05, 3.63) is 29.3 Å². The second-order valence-corrected chi connectivity index (χ2v) is 2.29. The van der Waals surface area contributed by atoms with Crippen LogP contribution in [-0.4, -0.2) is 5.11 Å². The largest absolute Gasteiger partial charge is 0.508 e. The topological polar surface area (TPSA) is 20.2 Å². The summed E-state index contributed by atoms with van der Waals surface area (Å²) in [5.74, 6) is 0.376. The van der Waals surface area contributed by atoms with Crippen molar-refractivity contribution >= 4 is 0 Å². The van der Waals surface area contributed by atoms with E-state index in [0.29, 0.717) is 5.75 Å². The van der Waals surface area contributed by atoms with Crippen LogP contribution in [0.2, 0.25) is 0 Å². The van der Waals surface area contributed by atoms with Gasteiger partial charge in [0.1, 0.15) is 5.75 Å². The summed E-state index contributed by atoms with van der Waals surface area (Å²) in [6.07, 6.45) is 0. The predicted molar refractivity (Wildman–Crippen MR) is 37.6 cm³/mol. The van der Waals surface area contributed by atoms with Crippen molar-refractivity contribution in [2.45, 2.75) is 13.8 Å². The van der Waals surface area contributed by atoms with E-state index in [9.17, 15) is 0 Å². The van der Waals surface area contributed by atoms with Crippen LogP contribution >= 0.6 is 0 Å². The molecule has 1 aromatic carbocycles. The van der Waals surface area contributed by atoms with Gasteiger partial charge in [0, 0.05) is 40.8 Å². The molecule has 1 N–H and O–H groups in total. The Hall–Kier alpha value is 0.371. The van der Waals surface area contributed by atoms with Gasteiger partial charge in [-0.25, -0.2) is 0 Å². The third-order valence-electron chi connectivity index (χ3n) is 1.35. The molecule has 1 aromatic rings. The fourth-order valence-electron chi connectivity index (χ4n) is 0.805. The van der Waals surface area contributed by atoms with Crippen LogP contribution < -0.4 is 0 Å². The Kier molecular flexibility index (Phi) is 4.45. The van der Waals surface area contributed by atoms with E-state index in [1.54, 1.807) is 6.07 Å². The zero-order valence-electron chi connectivity index (χ0n) is 6.18. The fourth-order valence-corrected chi connectivity index (χ4v) is 0.805. The van der Waals surface area contributed by atoms with E-state index in [1.807, 2.05) is 26.0 Å². The third-order valence-corrected chi connectivity index (χ3v) is 1.35. The van der Waals surface area contributed by atoms with Gasteiger partial charge in [-0.1, -0.05) is 17.7 Å². The second-order valence-electron chi connectivity index (χ2n) is 2.29. The molecule has 0 aliphatic rings. The zero-order chi connectivity index (χ0) is 6.85. The van der Waals surface area contributed by atoms with E-state index >= 15 is 0 Å². The van der Waals surface area contributed by atoms with Gasteiger partial charge in [-0.3, -0.25) is 0 Å². The molecule has 2 heteroatoms. The van der Waals surface area contributed by atoms with Crippen LogP contribution in [0, 0.1) is 54.7 Å². The molecule has 52 valence electrons. The summed E-state index contributed by atoms with van der Waals surface area (Å²) in [7, 11) is 0. The Labute approximate surface area is 94.0 Å². The van der Waals surface area contributed by atoms with Gasteiger partial charge in [0.25, 0.3) is 0 Å². The van der Waals surface area contributed by atoms with Crippen LogP contribution in [0.5, 0.6) is 5.75 Å². The predicted octanol–water partition coefficient (Wildman–Crippen LogP) is 2.01. The zero-order valence-corrected chi connectivity index (χ0v) is 9.39. The van der Waals surface area contributed by atoms with Gasteiger partial charge in [0.2, 0.25) is 0 Å². The number of hydrogen-bond donors (Lipinski definition) is 1. The summed E-state index contributed by atoms with van der Waals surface area (Å²) in [5, 5.41) is 9.04. The number of rotatable bonds is 0. The van der Waals surface area contributed by atoms with Gasteiger partial charge in [-0.05, 0) is 25.5 Å². The molecule has 1 nitrogen and oxygen atoms in total. The summed E-state index contributed by atoms with van der Waals surface area (Å²) >= 11 is 0. The van der Waals surface area contributed by atoms with Crippen molar-refractivity contribution in [2.75, 3.05) is 0 Å². The summed E-state index contributed by atoms with van der Waals surface area (Å²) in [4.78, 5) is 0. The molecule has 0 aliphatic heterocycles. The molecule has 0 bridgehead atoms. The van der Waals surface area contributed by atoms with E-state index in [2.05, 4.69) is 0 Å². The number of hydrogen-bond acceptors (Lipinski definition) is 1. The molecule has 0 spiro atoms. The summed E-state index contributed by atoms with van der Waals surface area (Å²) < 4.78 is 0. The first-order valence-electron chi connectivity index (χ1n) is 2.96. The molecule has 1 rings (SSSR count). The van der Waals surface area contributed by atoms with Gasteiger partial charge < -0.3 is 5.11 Å². The Morgan fingerprint density at radius 3 is 2.20 bits per heavy atom. The molecule has 0 saturated carbocycles. The molecule has 0 aromatic heterocycles. The van der Waals surface area contributed by atoms with Crippen molar-refractivity contribution in [3.63, 3.8) is 0 Å². The van der Waals surface area contributed by atoms with E-state index in [0.717, 1.165) is 5.56 Å². The molecular formula is C8H10NdO. The fraction of sp³-hybridized carbons (Fsp3) is 0.250. The Morgan fingerprint density at radius 2 is 1.80 bits per heavy atom. The summed E-state index contributed by atoms with van der Waals surface area (Å²) in [6.45, 7) is 3.90. The average molecular weight is 266 g/mol. The normalized spacial score (nSPS) is 8.60. The van der Waals surface area contributed by atoms with E-state index < -0.39 is 0 Å². The summed E-state index contributed by atoms with van der Waals surface area (Å²) in [5.41, 5.74) is 2.13. The minimum atomic E-state index is 0. The number of benzene rings is 1. The van der Waals surface area contributed by atoms with Crippen molar-refractivity contribution in [3.8, 4) is 5.75 Å². The van der Waals surface area contributed by atoms with Crippen LogP contribution in [0.1, 0.15) is 11.1 Å². The monoisotopic (exact) mass is 264 g/mol. The third kappa shape index (κ3) is 2.54. The van der Waals surface area contributed by atoms with Crippen LogP contribution in [0.3, 0.4) is 0 Å². The van der Waals surface area contributed by atoms with E-state index in [-0.39, 0.29) is 40.8 Å². The van der Waals surface area contributed by atoms with Crippen LogP contribution in [-0.2, 0) is 0 Å². The molecule has 10 heavy (non-hydrogen) atoms. The molecule has 0 aliphatic carbocycles. The molecule has 0 fully saturated rings. The van der Waals surface area contributed by atoms with Crippen LogP contribution in [0.15, 0.2) is 18.2 Å². The van der Waals surface area contributed by atoms with Crippen molar-refractivity contribution in [2.24, 2.45) is 0 Å². The van der Waals surface area contributed by atoms with Crippen molar-refractivity contribution in [1.82, 2.24) is 0 Å². The molecule has 0 amide bonds. The number of phenolic OH excluding ortho intramolecular Hbond substituents is 1. The quantitative estimate of drug-likeness (QED) is 0.761. The molecular weight excluding hydrogens is 256 g/mol. The van der Waals surface area contributed by atoms with Crippen LogP contribution in [0.25, 0.3) is 0 Å². The minimum absolute atomic E-state index is 0. The van der Waals surface area contributed by atoms with E-state index in [1.165, 1.54) is 5.56 Å². The minimum Gasteiger partial charge on any atom is -0.508 e. The average Bonchev–Trinajstić information content (AvgIpc) is 1.80. The van der Waals surface area contributed by atoms with Gasteiger partial charge in [0.05, 0.1) is 0 Å². The number of aromatic hydroxyl groups is 1. The SMILES string of the molecule is Cc1ccc(O)c(C)c1.[Nd]. The Bertz CT molecular complexity index is 220. The maximum atomic E-state index is 9.04. The standard InChI is InChI=1S/C8H10O.Nd/c1-6-3-4-8(9)7(2)5-6;/h3-5,9H,1-2H3;. The van der Waals surface area contributed by atoms with E-state index in [4.69, 9.17) is 5.11 Å². The van der Waals surface area contributed by atoms with Crippen molar-refractivity contribution < 1.29 is 45.9 Å². The first-order valence-corrected chi connectivity index (χ1v) is 2.96. The Balaban J connectivity index is 0.000000810. The maximum Gasteiger partial charge on any atom is 0.118 e. The number of phenols is 1. The van der Waals surface area contributed by atoms with Gasteiger partial charge in [-0.2, -0.15) is 0 Å². The first kappa shape index (κ1) is 10.4.